The van der Waals surface area contributed by atoms with Crippen LogP contribution in [-0.4, -0.2) is 33.9 Å². The van der Waals surface area contributed by atoms with E-state index in [2.05, 4.69) is 6.07 Å². The van der Waals surface area contributed by atoms with Crippen LogP contribution in [0.3, 0.4) is 0 Å². The quantitative estimate of drug-likeness (QED) is 0.453. The van der Waals surface area contributed by atoms with E-state index in [-0.39, 0.29) is 5.97 Å². The molecule has 0 aliphatic carbocycles. The maximum atomic E-state index is 11.8. The summed E-state index contributed by atoms with van der Waals surface area (Å²) in [4.78, 5) is 11.8. The average molecular weight is 368 g/mol. The highest BCUT2D eigenvalue weighted by atomic mass is 16.5. The summed E-state index contributed by atoms with van der Waals surface area (Å²) in [6.07, 6.45) is 0.922. The van der Waals surface area contributed by atoms with Gasteiger partial charge in [0.25, 0.3) is 0 Å². The van der Waals surface area contributed by atoms with Crippen molar-refractivity contribution in [3.63, 3.8) is 0 Å². The molecule has 0 aromatic heterocycles. The van der Waals surface area contributed by atoms with Gasteiger partial charge in [-0.15, -0.1) is 0 Å². The normalized spacial score (nSPS) is 10.8. The first kappa shape index (κ1) is 18.8. The molecule has 0 aliphatic rings. The number of hydrogen-bond donors (Lipinski definition) is 0. The van der Waals surface area contributed by atoms with E-state index in [1.54, 1.807) is 21.3 Å². The minimum Gasteiger partial charge on any atom is -0.497 e. The molecule has 3 rings (SSSR count). The van der Waals surface area contributed by atoms with Gasteiger partial charge in [-0.2, -0.15) is 0 Å². The molecule has 3 aromatic carbocycles. The molecule has 0 unspecified atom stereocenters. The Morgan fingerprint density at radius 2 is 1.56 bits per heavy atom. The summed E-state index contributed by atoms with van der Waals surface area (Å²) in [5.41, 5.74) is 1.07. The van der Waals surface area contributed by atoms with Crippen molar-refractivity contribution in [3.05, 3.63) is 42.0 Å². The zero-order valence-electron chi connectivity index (χ0n) is 16.1. The number of hydrogen-bond acceptors (Lipinski definition) is 5. The number of aryl methyl sites for hydroxylation is 1. The molecule has 5 heteroatoms. The Hall–Kier alpha value is -2.95. The standard InChI is InChI=1S/C22H24O5/c1-5-27-22(23)9-7-15-10-14-6-8-16(24-2)11-17(14)19-13-21(26-4)20(25-3)12-18(15)19/h6,8,10-13H,5,7,9H2,1-4H3. The predicted octanol–water partition coefficient (Wildman–Crippen LogP) is 4.51. The van der Waals surface area contributed by atoms with Crippen molar-refractivity contribution in [2.75, 3.05) is 27.9 Å². The first-order valence-electron chi connectivity index (χ1n) is 8.92. The van der Waals surface area contributed by atoms with Crippen molar-refractivity contribution in [2.45, 2.75) is 19.8 Å². The van der Waals surface area contributed by atoms with E-state index in [4.69, 9.17) is 18.9 Å². The lowest BCUT2D eigenvalue weighted by molar-refractivity contribution is -0.143. The van der Waals surface area contributed by atoms with Crippen LogP contribution in [0.5, 0.6) is 17.2 Å². The van der Waals surface area contributed by atoms with Crippen molar-refractivity contribution >= 4 is 27.5 Å². The summed E-state index contributed by atoms with van der Waals surface area (Å²) >= 11 is 0. The lowest BCUT2D eigenvalue weighted by Crippen LogP contribution is -2.05. The smallest absolute Gasteiger partial charge is 0.306 e. The van der Waals surface area contributed by atoms with Crippen LogP contribution < -0.4 is 14.2 Å². The molecular weight excluding hydrogens is 344 g/mol. The Labute approximate surface area is 158 Å². The summed E-state index contributed by atoms with van der Waals surface area (Å²) < 4.78 is 21.4. The fourth-order valence-electron chi connectivity index (χ4n) is 3.33. The molecule has 0 saturated heterocycles. The highest BCUT2D eigenvalue weighted by molar-refractivity contribution is 6.10. The second-order valence-corrected chi connectivity index (χ2v) is 6.18. The van der Waals surface area contributed by atoms with Crippen LogP contribution in [0.15, 0.2) is 36.4 Å². The SMILES string of the molecule is CCOC(=O)CCc1cc2ccc(OC)cc2c2cc(OC)c(OC)cc12. The van der Waals surface area contributed by atoms with Crippen molar-refractivity contribution < 1.29 is 23.7 Å². The molecule has 0 atom stereocenters. The van der Waals surface area contributed by atoms with E-state index in [9.17, 15) is 4.79 Å². The fourth-order valence-corrected chi connectivity index (χ4v) is 3.33. The van der Waals surface area contributed by atoms with E-state index >= 15 is 0 Å². The average Bonchev–Trinajstić information content (AvgIpc) is 2.70. The monoisotopic (exact) mass is 368 g/mol. The van der Waals surface area contributed by atoms with Crippen LogP contribution >= 0.6 is 0 Å². The van der Waals surface area contributed by atoms with Crippen molar-refractivity contribution in [1.29, 1.82) is 0 Å². The minimum atomic E-state index is -0.194. The van der Waals surface area contributed by atoms with Crippen LogP contribution in [0.2, 0.25) is 0 Å². The van der Waals surface area contributed by atoms with Gasteiger partial charge in [0.1, 0.15) is 5.75 Å². The van der Waals surface area contributed by atoms with Crippen molar-refractivity contribution in [2.24, 2.45) is 0 Å². The van der Waals surface area contributed by atoms with Crippen molar-refractivity contribution in [1.82, 2.24) is 0 Å². The van der Waals surface area contributed by atoms with E-state index in [0.29, 0.717) is 30.9 Å². The third kappa shape index (κ3) is 3.77. The number of carbonyl (C=O) groups is 1. The number of ether oxygens (including phenoxy) is 4. The molecular formula is C22H24O5. The lowest BCUT2D eigenvalue weighted by atomic mass is 9.94. The van der Waals surface area contributed by atoms with Gasteiger partial charge in [-0.3, -0.25) is 4.79 Å². The Morgan fingerprint density at radius 1 is 0.852 bits per heavy atom. The summed E-state index contributed by atoms with van der Waals surface area (Å²) in [6, 6.07) is 12.0. The van der Waals surface area contributed by atoms with E-state index in [1.807, 2.05) is 37.3 Å². The molecule has 0 N–H and O–H groups in total. The first-order valence-corrected chi connectivity index (χ1v) is 8.92. The number of esters is 1. The molecule has 0 bridgehead atoms. The van der Waals surface area contributed by atoms with Crippen LogP contribution in [0, 0.1) is 0 Å². The number of methoxy groups -OCH3 is 3. The maximum Gasteiger partial charge on any atom is 0.306 e. The summed E-state index contributed by atoms with van der Waals surface area (Å²) in [5, 5.41) is 4.19. The molecule has 27 heavy (non-hydrogen) atoms. The van der Waals surface area contributed by atoms with Crippen LogP contribution in [0.4, 0.5) is 0 Å². The van der Waals surface area contributed by atoms with Gasteiger partial charge in [0, 0.05) is 6.42 Å². The zero-order valence-corrected chi connectivity index (χ0v) is 16.1. The van der Waals surface area contributed by atoms with Crippen LogP contribution in [-0.2, 0) is 16.0 Å². The molecule has 0 radical (unpaired) electrons. The van der Waals surface area contributed by atoms with Gasteiger partial charge in [-0.25, -0.2) is 0 Å². The Kier molecular flexibility index (Phi) is 5.69. The number of fused-ring (bicyclic) bond motifs is 3. The number of rotatable bonds is 7. The Balaban J connectivity index is 2.21. The van der Waals surface area contributed by atoms with Gasteiger partial charge in [0.05, 0.1) is 27.9 Å². The van der Waals surface area contributed by atoms with Gasteiger partial charge in [0.15, 0.2) is 11.5 Å². The first-order chi connectivity index (χ1) is 13.1. The highest BCUT2D eigenvalue weighted by Crippen LogP contribution is 2.39. The third-order valence-electron chi connectivity index (χ3n) is 4.65. The maximum absolute atomic E-state index is 11.8. The second kappa shape index (κ2) is 8.16. The molecule has 0 aliphatic heterocycles. The fraction of sp³-hybridized carbons (Fsp3) is 0.318. The summed E-state index contributed by atoms with van der Waals surface area (Å²) in [6.45, 7) is 2.20. The second-order valence-electron chi connectivity index (χ2n) is 6.18. The molecule has 0 fully saturated rings. The summed E-state index contributed by atoms with van der Waals surface area (Å²) in [7, 11) is 4.89. The molecule has 0 amide bonds. The molecule has 142 valence electrons. The number of carbonyl (C=O) groups excluding carboxylic acids is 1. The molecule has 3 aromatic rings. The summed E-state index contributed by atoms with van der Waals surface area (Å²) in [5.74, 6) is 1.92. The van der Waals surface area contributed by atoms with E-state index in [1.165, 1.54) is 0 Å². The van der Waals surface area contributed by atoms with Crippen LogP contribution in [0.1, 0.15) is 18.9 Å². The van der Waals surface area contributed by atoms with E-state index < -0.39 is 0 Å². The highest BCUT2D eigenvalue weighted by Gasteiger charge is 2.14. The van der Waals surface area contributed by atoms with Gasteiger partial charge < -0.3 is 18.9 Å². The topological polar surface area (TPSA) is 54.0 Å². The van der Waals surface area contributed by atoms with Crippen LogP contribution in [0.25, 0.3) is 21.5 Å². The Morgan fingerprint density at radius 3 is 2.19 bits per heavy atom. The largest absolute Gasteiger partial charge is 0.497 e. The van der Waals surface area contributed by atoms with Gasteiger partial charge >= 0.3 is 5.97 Å². The molecule has 0 spiro atoms. The minimum absolute atomic E-state index is 0.194. The lowest BCUT2D eigenvalue weighted by Gasteiger charge is -2.15. The molecule has 5 nitrogen and oxygen atoms in total. The van der Waals surface area contributed by atoms with Gasteiger partial charge in [-0.1, -0.05) is 12.1 Å². The van der Waals surface area contributed by atoms with E-state index in [0.717, 1.165) is 32.9 Å². The Bertz CT molecular complexity index is 978. The van der Waals surface area contributed by atoms with Gasteiger partial charge in [-0.05, 0) is 64.7 Å². The predicted molar refractivity (Wildman–Crippen MR) is 106 cm³/mol. The molecule has 0 heterocycles. The van der Waals surface area contributed by atoms with Gasteiger partial charge in [0.2, 0.25) is 0 Å². The number of benzene rings is 3. The van der Waals surface area contributed by atoms with Crippen molar-refractivity contribution in [3.8, 4) is 17.2 Å². The third-order valence-corrected chi connectivity index (χ3v) is 4.65. The zero-order chi connectivity index (χ0) is 19.4. The molecule has 0 saturated carbocycles.